The van der Waals surface area contributed by atoms with Gasteiger partial charge in [0.1, 0.15) is 6.07 Å². The zero-order valence-electron chi connectivity index (χ0n) is 7.36. The van der Waals surface area contributed by atoms with Crippen molar-refractivity contribution in [1.29, 1.82) is 5.26 Å². The van der Waals surface area contributed by atoms with Gasteiger partial charge >= 0.3 is 0 Å². The van der Waals surface area contributed by atoms with E-state index in [1.165, 1.54) is 6.20 Å². The fourth-order valence-corrected chi connectivity index (χ4v) is 0.821. The van der Waals surface area contributed by atoms with E-state index in [2.05, 4.69) is 15.5 Å². The highest BCUT2D eigenvalue weighted by Gasteiger charge is 2.05. The van der Waals surface area contributed by atoms with Gasteiger partial charge in [0.2, 0.25) is 0 Å². The molecule has 1 rings (SSSR count). The maximum atomic E-state index is 8.71. The molecule has 0 aliphatic rings. The highest BCUT2D eigenvalue weighted by atomic mass is 15.2. The number of nitrogens with zero attached hydrogens (tertiary/aromatic N) is 3. The van der Waals surface area contributed by atoms with Gasteiger partial charge < -0.3 is 11.1 Å². The second-order valence-electron chi connectivity index (χ2n) is 2.69. The molecule has 5 heteroatoms. The van der Waals surface area contributed by atoms with E-state index in [-0.39, 0.29) is 6.04 Å². The summed E-state index contributed by atoms with van der Waals surface area (Å²) in [6, 6.07) is 3.72. The lowest BCUT2D eigenvalue weighted by molar-refractivity contribution is 0.791. The summed E-state index contributed by atoms with van der Waals surface area (Å²) in [7, 11) is 0. The number of rotatable bonds is 3. The molecule has 0 spiro atoms. The summed E-state index contributed by atoms with van der Waals surface area (Å²) in [6.07, 6.45) is 1.48. The first-order valence-corrected chi connectivity index (χ1v) is 3.96. The van der Waals surface area contributed by atoms with Crippen molar-refractivity contribution in [2.75, 3.05) is 11.9 Å². The molecule has 1 heterocycles. The van der Waals surface area contributed by atoms with Crippen LogP contribution >= 0.6 is 0 Å². The minimum absolute atomic E-state index is 0.0869. The fourth-order valence-electron chi connectivity index (χ4n) is 0.821. The monoisotopic (exact) mass is 177 g/mol. The van der Waals surface area contributed by atoms with Crippen LogP contribution < -0.4 is 11.1 Å². The Labute approximate surface area is 76.6 Å². The summed E-state index contributed by atoms with van der Waals surface area (Å²) < 4.78 is 0. The van der Waals surface area contributed by atoms with Crippen molar-refractivity contribution in [2.45, 2.75) is 13.0 Å². The van der Waals surface area contributed by atoms with E-state index in [4.69, 9.17) is 11.0 Å². The molecule has 1 aromatic heterocycles. The van der Waals surface area contributed by atoms with Crippen molar-refractivity contribution >= 4 is 5.82 Å². The average Bonchev–Trinajstić information content (AvgIpc) is 2.18. The van der Waals surface area contributed by atoms with Gasteiger partial charge in [-0.1, -0.05) is 0 Å². The van der Waals surface area contributed by atoms with Gasteiger partial charge in [0.15, 0.2) is 5.82 Å². The molecule has 0 aliphatic carbocycles. The Hall–Kier alpha value is -1.67. The Morgan fingerprint density at radius 1 is 1.77 bits per heavy atom. The molecule has 3 N–H and O–H groups in total. The van der Waals surface area contributed by atoms with Gasteiger partial charge in [0.25, 0.3) is 0 Å². The topological polar surface area (TPSA) is 87.6 Å². The molecule has 0 aromatic carbocycles. The van der Waals surface area contributed by atoms with Crippen LogP contribution in [0, 0.1) is 11.3 Å². The molecule has 1 aromatic rings. The highest BCUT2D eigenvalue weighted by Crippen LogP contribution is 2.08. The van der Waals surface area contributed by atoms with Crippen LogP contribution in [0.2, 0.25) is 0 Å². The predicted molar refractivity (Wildman–Crippen MR) is 48.9 cm³/mol. The molecule has 0 radical (unpaired) electrons. The van der Waals surface area contributed by atoms with Crippen molar-refractivity contribution in [2.24, 2.45) is 5.73 Å². The second-order valence-corrected chi connectivity index (χ2v) is 2.69. The van der Waals surface area contributed by atoms with Gasteiger partial charge in [-0.15, -0.1) is 5.10 Å². The van der Waals surface area contributed by atoms with Crippen LogP contribution in [0.5, 0.6) is 0 Å². The largest absolute Gasteiger partial charge is 0.364 e. The maximum absolute atomic E-state index is 8.71. The molecule has 13 heavy (non-hydrogen) atoms. The SMILES string of the molecule is CC(CN)Nc1nnccc1C#N. The molecule has 0 saturated heterocycles. The molecule has 0 amide bonds. The Balaban J connectivity index is 2.82. The lowest BCUT2D eigenvalue weighted by Crippen LogP contribution is -2.26. The van der Waals surface area contributed by atoms with Gasteiger partial charge in [0.05, 0.1) is 11.8 Å². The highest BCUT2D eigenvalue weighted by molar-refractivity contribution is 5.50. The summed E-state index contributed by atoms with van der Waals surface area (Å²) in [5.74, 6) is 0.489. The Kier molecular flexibility index (Phi) is 3.17. The van der Waals surface area contributed by atoms with Crippen LogP contribution in [0.25, 0.3) is 0 Å². The normalized spacial score (nSPS) is 11.8. The van der Waals surface area contributed by atoms with Crippen molar-refractivity contribution in [3.8, 4) is 6.07 Å². The molecule has 68 valence electrons. The van der Waals surface area contributed by atoms with Crippen molar-refractivity contribution in [3.63, 3.8) is 0 Å². The number of nitrogens with one attached hydrogen (secondary N) is 1. The number of hydrogen-bond donors (Lipinski definition) is 2. The fraction of sp³-hybridized carbons (Fsp3) is 0.375. The van der Waals surface area contributed by atoms with Crippen LogP contribution in [0.1, 0.15) is 12.5 Å². The maximum Gasteiger partial charge on any atom is 0.166 e. The lowest BCUT2D eigenvalue weighted by atomic mass is 10.3. The van der Waals surface area contributed by atoms with Crippen LogP contribution in [-0.4, -0.2) is 22.8 Å². The minimum Gasteiger partial charge on any atom is -0.364 e. The number of nitrogens with two attached hydrogens (primary N) is 1. The smallest absolute Gasteiger partial charge is 0.166 e. The van der Waals surface area contributed by atoms with Crippen LogP contribution in [0.3, 0.4) is 0 Å². The average molecular weight is 177 g/mol. The van der Waals surface area contributed by atoms with Crippen LogP contribution in [-0.2, 0) is 0 Å². The van der Waals surface area contributed by atoms with E-state index in [1.54, 1.807) is 6.07 Å². The third-order valence-electron chi connectivity index (χ3n) is 1.58. The van der Waals surface area contributed by atoms with Crippen molar-refractivity contribution < 1.29 is 0 Å². The molecule has 0 bridgehead atoms. The van der Waals surface area contributed by atoms with E-state index in [9.17, 15) is 0 Å². The summed E-state index contributed by atoms with van der Waals surface area (Å²) in [5.41, 5.74) is 5.90. The van der Waals surface area contributed by atoms with Gasteiger partial charge in [0, 0.05) is 12.6 Å². The van der Waals surface area contributed by atoms with Gasteiger partial charge in [-0.25, -0.2) is 0 Å². The van der Waals surface area contributed by atoms with Crippen LogP contribution in [0.15, 0.2) is 12.3 Å². The molecule has 1 unspecified atom stereocenters. The van der Waals surface area contributed by atoms with Gasteiger partial charge in [-0.3, -0.25) is 0 Å². The first kappa shape index (κ1) is 9.42. The summed E-state index contributed by atoms with van der Waals surface area (Å²) >= 11 is 0. The summed E-state index contributed by atoms with van der Waals surface area (Å²) in [6.45, 7) is 2.40. The third-order valence-corrected chi connectivity index (χ3v) is 1.58. The van der Waals surface area contributed by atoms with E-state index >= 15 is 0 Å². The molecule has 0 aliphatic heterocycles. The van der Waals surface area contributed by atoms with E-state index < -0.39 is 0 Å². The molecular weight excluding hydrogens is 166 g/mol. The molecular formula is C8H11N5. The zero-order valence-corrected chi connectivity index (χ0v) is 7.36. The Bertz CT molecular complexity index is 317. The predicted octanol–water partition coefficient (Wildman–Crippen LogP) is 0.107. The second kappa shape index (κ2) is 4.38. The number of hydrogen-bond acceptors (Lipinski definition) is 5. The molecule has 0 saturated carbocycles. The van der Waals surface area contributed by atoms with Gasteiger partial charge in [-0.05, 0) is 13.0 Å². The van der Waals surface area contributed by atoms with Crippen molar-refractivity contribution in [3.05, 3.63) is 17.8 Å². The van der Waals surface area contributed by atoms with Crippen molar-refractivity contribution in [1.82, 2.24) is 10.2 Å². The Morgan fingerprint density at radius 2 is 2.54 bits per heavy atom. The quantitative estimate of drug-likeness (QED) is 0.684. The molecule has 5 nitrogen and oxygen atoms in total. The summed E-state index contributed by atoms with van der Waals surface area (Å²) in [5, 5.41) is 19.2. The number of aromatic nitrogens is 2. The number of nitriles is 1. The first-order chi connectivity index (χ1) is 6.27. The minimum atomic E-state index is 0.0869. The van der Waals surface area contributed by atoms with E-state index in [0.717, 1.165) is 0 Å². The zero-order chi connectivity index (χ0) is 9.68. The molecule has 1 atom stereocenters. The van der Waals surface area contributed by atoms with E-state index in [0.29, 0.717) is 17.9 Å². The first-order valence-electron chi connectivity index (χ1n) is 3.96. The third kappa shape index (κ3) is 2.39. The summed E-state index contributed by atoms with van der Waals surface area (Å²) in [4.78, 5) is 0. The number of anilines is 1. The molecule has 0 fully saturated rings. The standard InChI is InChI=1S/C8H11N5/c1-6(4-9)12-8-7(5-10)2-3-11-13-8/h2-3,6H,4,9H2,1H3,(H,12,13). The Morgan fingerprint density at radius 3 is 3.15 bits per heavy atom. The van der Waals surface area contributed by atoms with Gasteiger partial charge in [-0.2, -0.15) is 10.4 Å². The van der Waals surface area contributed by atoms with Crippen LogP contribution in [0.4, 0.5) is 5.82 Å². The van der Waals surface area contributed by atoms with E-state index in [1.807, 2.05) is 13.0 Å². The lowest BCUT2D eigenvalue weighted by Gasteiger charge is -2.11.